The molecule has 0 unspecified atom stereocenters. The summed E-state index contributed by atoms with van der Waals surface area (Å²) in [6, 6.07) is 16.1. The van der Waals surface area contributed by atoms with E-state index < -0.39 is 0 Å². The van der Waals surface area contributed by atoms with E-state index >= 15 is 0 Å². The lowest BCUT2D eigenvalue weighted by Gasteiger charge is -1.99. The highest BCUT2D eigenvalue weighted by Gasteiger charge is 2.13. The van der Waals surface area contributed by atoms with Crippen LogP contribution in [0.3, 0.4) is 0 Å². The van der Waals surface area contributed by atoms with E-state index in [1.54, 1.807) is 36.4 Å². The molecule has 10 heteroatoms. The van der Waals surface area contributed by atoms with Crippen molar-refractivity contribution in [3.05, 3.63) is 71.1 Å². The van der Waals surface area contributed by atoms with Crippen molar-refractivity contribution >= 4 is 45.7 Å². The summed E-state index contributed by atoms with van der Waals surface area (Å²) < 4.78 is 5.96. The third kappa shape index (κ3) is 4.56. The zero-order valence-corrected chi connectivity index (χ0v) is 16.6. The molecule has 0 saturated carbocycles. The highest BCUT2D eigenvalue weighted by atomic mass is 35.5. The molecule has 1 N–H and O–H groups in total. The molecule has 0 saturated heterocycles. The Morgan fingerprint density at radius 3 is 2.68 bits per heavy atom. The minimum Gasteiger partial charge on any atom is -0.338 e. The predicted molar refractivity (Wildman–Crippen MR) is 109 cm³/mol. The van der Waals surface area contributed by atoms with E-state index in [4.69, 9.17) is 16.1 Å². The second-order valence-electron chi connectivity index (χ2n) is 5.50. The molecule has 4 rings (SSSR count). The number of nitrogens with zero attached hydrogens (tertiary/aromatic N) is 4. The van der Waals surface area contributed by atoms with Gasteiger partial charge in [-0.1, -0.05) is 58.1 Å². The van der Waals surface area contributed by atoms with Crippen molar-refractivity contribution in [2.75, 3.05) is 5.32 Å². The molecule has 0 aliphatic heterocycles. The van der Waals surface area contributed by atoms with Crippen molar-refractivity contribution in [1.29, 1.82) is 0 Å². The van der Waals surface area contributed by atoms with Crippen molar-refractivity contribution in [2.45, 2.75) is 10.1 Å². The summed E-state index contributed by atoms with van der Waals surface area (Å²) >= 11 is 8.57. The van der Waals surface area contributed by atoms with Crippen LogP contribution in [-0.4, -0.2) is 26.2 Å². The molecule has 0 atom stereocenters. The van der Waals surface area contributed by atoms with Crippen LogP contribution in [0.2, 0.25) is 5.02 Å². The van der Waals surface area contributed by atoms with E-state index in [9.17, 15) is 4.79 Å². The van der Waals surface area contributed by atoms with Crippen molar-refractivity contribution in [3.63, 3.8) is 0 Å². The lowest BCUT2D eigenvalue weighted by molar-refractivity contribution is 0.102. The first-order valence-electron chi connectivity index (χ1n) is 8.08. The molecule has 0 aliphatic rings. The maximum Gasteiger partial charge on any atom is 0.257 e. The predicted octanol–water partition coefficient (Wildman–Crippen LogP) is 4.79. The lowest BCUT2D eigenvalue weighted by Crippen LogP contribution is -2.11. The largest absolute Gasteiger partial charge is 0.338 e. The van der Waals surface area contributed by atoms with Gasteiger partial charge in [0.25, 0.3) is 5.91 Å². The second-order valence-corrected chi connectivity index (χ2v) is 8.14. The van der Waals surface area contributed by atoms with Gasteiger partial charge in [-0.25, -0.2) is 0 Å². The Morgan fingerprint density at radius 2 is 1.89 bits per heavy atom. The van der Waals surface area contributed by atoms with Crippen LogP contribution in [0, 0.1) is 0 Å². The maximum absolute atomic E-state index is 12.1. The van der Waals surface area contributed by atoms with Crippen molar-refractivity contribution in [1.82, 2.24) is 20.3 Å². The molecular formula is C18H12ClN5O2S2. The van der Waals surface area contributed by atoms with Crippen LogP contribution in [0.4, 0.5) is 5.13 Å². The Labute approximate surface area is 173 Å². The monoisotopic (exact) mass is 429 g/mol. The van der Waals surface area contributed by atoms with E-state index in [1.807, 2.05) is 18.2 Å². The molecule has 4 aromatic rings. The van der Waals surface area contributed by atoms with Gasteiger partial charge in [0.2, 0.25) is 16.8 Å². The van der Waals surface area contributed by atoms with Crippen LogP contribution >= 0.6 is 34.7 Å². The van der Waals surface area contributed by atoms with E-state index in [0.717, 1.165) is 5.56 Å². The zero-order chi connectivity index (χ0) is 19.3. The molecule has 7 nitrogen and oxygen atoms in total. The first-order chi connectivity index (χ1) is 13.7. The van der Waals surface area contributed by atoms with Crippen LogP contribution < -0.4 is 5.32 Å². The molecule has 1 amide bonds. The Balaban J connectivity index is 1.35. The molecule has 2 aromatic heterocycles. The smallest absolute Gasteiger partial charge is 0.257 e. The number of amides is 1. The highest BCUT2D eigenvalue weighted by molar-refractivity contribution is 8.00. The van der Waals surface area contributed by atoms with Gasteiger partial charge >= 0.3 is 0 Å². The number of anilines is 1. The number of rotatable bonds is 6. The summed E-state index contributed by atoms with van der Waals surface area (Å²) in [5, 5.41) is 15.8. The fraction of sp³-hybridized carbons (Fsp3) is 0.0556. The minimum absolute atomic E-state index is 0.224. The van der Waals surface area contributed by atoms with Crippen molar-refractivity contribution in [3.8, 4) is 11.4 Å². The second kappa shape index (κ2) is 8.51. The van der Waals surface area contributed by atoms with Crippen molar-refractivity contribution in [2.24, 2.45) is 0 Å². The average Bonchev–Trinajstić information content (AvgIpc) is 3.37. The number of aromatic nitrogens is 4. The van der Waals surface area contributed by atoms with E-state index in [2.05, 4.69) is 25.7 Å². The Morgan fingerprint density at radius 1 is 1.11 bits per heavy atom. The molecular weight excluding hydrogens is 418 g/mol. The summed E-state index contributed by atoms with van der Waals surface area (Å²) in [4.78, 5) is 16.5. The fourth-order valence-electron chi connectivity index (χ4n) is 2.23. The number of benzene rings is 2. The standard InChI is InChI=1S/C18H12ClN5O2S2/c19-13-8-6-11(7-9-13)15-20-14(26-24-15)10-27-18-23-22-17(28-18)21-16(25)12-4-2-1-3-5-12/h1-9H,10H2,(H,21,22,25). The van der Waals surface area contributed by atoms with Crippen LogP contribution in [-0.2, 0) is 5.75 Å². The SMILES string of the molecule is O=C(Nc1nnc(SCc2nc(-c3ccc(Cl)cc3)no2)s1)c1ccccc1. The van der Waals surface area contributed by atoms with Gasteiger partial charge < -0.3 is 4.52 Å². The van der Waals surface area contributed by atoms with Gasteiger partial charge in [-0.15, -0.1) is 10.2 Å². The quantitative estimate of drug-likeness (QED) is 0.348. The summed E-state index contributed by atoms with van der Waals surface area (Å²) in [6.45, 7) is 0. The first kappa shape index (κ1) is 18.6. The van der Waals surface area contributed by atoms with Gasteiger partial charge in [0.1, 0.15) is 0 Å². The van der Waals surface area contributed by atoms with Gasteiger partial charge in [-0.05, 0) is 36.4 Å². The Bertz CT molecular complexity index is 1080. The first-order valence-corrected chi connectivity index (χ1v) is 10.3. The molecule has 0 fully saturated rings. The van der Waals surface area contributed by atoms with Crippen molar-refractivity contribution < 1.29 is 9.32 Å². The zero-order valence-electron chi connectivity index (χ0n) is 14.2. The third-order valence-electron chi connectivity index (χ3n) is 3.55. The number of carbonyl (C=O) groups is 1. The van der Waals surface area contributed by atoms with Gasteiger partial charge in [0.05, 0.1) is 5.75 Å². The Kier molecular flexibility index (Phi) is 5.65. The summed E-state index contributed by atoms with van der Waals surface area (Å²) in [6.07, 6.45) is 0. The molecule has 28 heavy (non-hydrogen) atoms. The average molecular weight is 430 g/mol. The normalized spacial score (nSPS) is 10.8. The number of carbonyl (C=O) groups excluding carboxylic acids is 1. The van der Waals surface area contributed by atoms with Gasteiger partial charge in [-0.3, -0.25) is 10.1 Å². The van der Waals surface area contributed by atoms with Crippen LogP contribution in [0.15, 0.2) is 63.5 Å². The van der Waals surface area contributed by atoms with Crippen LogP contribution in [0.25, 0.3) is 11.4 Å². The Hall–Kier alpha value is -2.75. The number of thioether (sulfide) groups is 1. The van der Waals surface area contributed by atoms with Crippen LogP contribution in [0.5, 0.6) is 0 Å². The number of hydrogen-bond acceptors (Lipinski definition) is 8. The maximum atomic E-state index is 12.1. The molecule has 0 spiro atoms. The fourth-order valence-corrected chi connectivity index (χ4v) is 3.94. The van der Waals surface area contributed by atoms with Crippen LogP contribution in [0.1, 0.15) is 16.2 Å². The molecule has 2 heterocycles. The number of halogens is 1. The molecule has 0 aliphatic carbocycles. The summed E-state index contributed by atoms with van der Waals surface area (Å²) in [5.41, 5.74) is 1.39. The number of hydrogen-bond donors (Lipinski definition) is 1. The summed E-state index contributed by atoms with van der Waals surface area (Å²) in [5.74, 6) is 1.19. The highest BCUT2D eigenvalue weighted by Crippen LogP contribution is 2.29. The van der Waals surface area contributed by atoms with E-state index in [-0.39, 0.29) is 5.91 Å². The van der Waals surface area contributed by atoms with Gasteiger partial charge in [0, 0.05) is 16.1 Å². The summed E-state index contributed by atoms with van der Waals surface area (Å²) in [7, 11) is 0. The minimum atomic E-state index is -0.224. The van der Waals surface area contributed by atoms with Gasteiger partial charge in [0.15, 0.2) is 4.34 Å². The van der Waals surface area contributed by atoms with Gasteiger partial charge in [-0.2, -0.15) is 4.98 Å². The number of nitrogens with one attached hydrogen (secondary N) is 1. The lowest BCUT2D eigenvalue weighted by atomic mass is 10.2. The van der Waals surface area contributed by atoms with E-state index in [0.29, 0.717) is 37.5 Å². The molecule has 0 radical (unpaired) electrons. The van der Waals surface area contributed by atoms with E-state index in [1.165, 1.54) is 23.1 Å². The third-order valence-corrected chi connectivity index (χ3v) is 5.76. The molecule has 2 aromatic carbocycles. The topological polar surface area (TPSA) is 93.8 Å². The molecule has 140 valence electrons. The molecule has 0 bridgehead atoms.